The van der Waals surface area contributed by atoms with Crippen LogP contribution in [0.1, 0.15) is 11.4 Å². The van der Waals surface area contributed by atoms with E-state index in [1.54, 1.807) is 0 Å². The summed E-state index contributed by atoms with van der Waals surface area (Å²) < 4.78 is 31.2. The van der Waals surface area contributed by atoms with Gasteiger partial charge in [-0.2, -0.15) is 4.98 Å². The van der Waals surface area contributed by atoms with E-state index in [9.17, 15) is 8.42 Å². The number of nitrogens with one attached hydrogen (secondary N) is 1. The average molecular weight is 347 g/mol. The Morgan fingerprint density at radius 3 is 2.81 bits per heavy atom. The lowest BCUT2D eigenvalue weighted by atomic mass is 10.2. The maximum atomic E-state index is 12.1. The maximum absolute atomic E-state index is 12.1. The zero-order chi connectivity index (χ0) is 15.5. The Hall–Kier alpha value is -1.55. The molecule has 0 unspecified atom stereocenters. The van der Waals surface area contributed by atoms with Gasteiger partial charge in [-0.15, -0.1) is 0 Å². The molecule has 2 aromatic rings. The van der Waals surface area contributed by atoms with Gasteiger partial charge in [0.25, 0.3) is 0 Å². The molecule has 0 fully saturated rings. The second-order valence-corrected chi connectivity index (χ2v) is 6.62. The van der Waals surface area contributed by atoms with Crippen LogP contribution < -0.4 is 10.5 Å². The molecular weight excluding hydrogens is 336 g/mol. The summed E-state index contributed by atoms with van der Waals surface area (Å²) >= 11 is 10.8. The summed E-state index contributed by atoms with van der Waals surface area (Å²) in [6.45, 7) is 0.135. The molecule has 0 saturated carbocycles. The fraction of sp³-hybridized carbons (Fsp3) is 0.182. The molecule has 1 aromatic carbocycles. The van der Waals surface area contributed by atoms with Crippen LogP contribution in [0.3, 0.4) is 0 Å². The lowest BCUT2D eigenvalue weighted by Crippen LogP contribution is -2.26. The van der Waals surface area contributed by atoms with Crippen molar-refractivity contribution in [2.45, 2.75) is 11.3 Å². The van der Waals surface area contributed by atoms with Gasteiger partial charge in [-0.05, 0) is 18.2 Å². The van der Waals surface area contributed by atoms with Crippen LogP contribution >= 0.6 is 23.8 Å². The molecule has 1 heterocycles. The minimum Gasteiger partial charge on any atom is -0.389 e. The Balaban J connectivity index is 2.08. The van der Waals surface area contributed by atoms with Crippen molar-refractivity contribution in [3.8, 4) is 0 Å². The first-order chi connectivity index (χ1) is 9.90. The van der Waals surface area contributed by atoms with Crippen molar-refractivity contribution in [1.82, 2.24) is 14.9 Å². The molecule has 0 amide bonds. The lowest BCUT2D eigenvalue weighted by molar-refractivity contribution is 0.410. The molecule has 1 aromatic heterocycles. The van der Waals surface area contributed by atoms with Crippen molar-refractivity contribution in [3.63, 3.8) is 0 Å². The zero-order valence-corrected chi connectivity index (χ0v) is 13.0. The SMILES string of the molecule is NC(=S)c1ccc(S(=O)(=O)NCCc2ncon2)cc1Cl. The van der Waals surface area contributed by atoms with E-state index in [0.717, 1.165) is 0 Å². The fourth-order valence-electron chi connectivity index (χ4n) is 1.55. The zero-order valence-electron chi connectivity index (χ0n) is 10.6. The van der Waals surface area contributed by atoms with Crippen molar-refractivity contribution in [2.75, 3.05) is 6.54 Å². The third-order valence-corrected chi connectivity index (χ3v) is 4.56. The molecule has 7 nitrogen and oxygen atoms in total. The molecule has 3 N–H and O–H groups in total. The molecule has 112 valence electrons. The van der Waals surface area contributed by atoms with E-state index >= 15 is 0 Å². The Morgan fingerprint density at radius 2 is 2.24 bits per heavy atom. The number of thiocarbonyl (C=S) groups is 1. The van der Waals surface area contributed by atoms with Crippen LogP contribution in [0.15, 0.2) is 34.0 Å². The molecule has 0 saturated heterocycles. The molecular formula is C11H11ClN4O3S2. The third-order valence-electron chi connectivity index (χ3n) is 2.56. The Bertz CT molecular complexity index is 747. The van der Waals surface area contributed by atoms with E-state index in [4.69, 9.17) is 29.6 Å². The standard InChI is InChI=1S/C11H11ClN4O3S2/c12-9-5-7(1-2-8(9)11(13)20)21(17,18)15-4-3-10-14-6-19-16-10/h1-2,5-6,15H,3-4H2,(H2,13,20). The molecule has 0 atom stereocenters. The first-order valence-corrected chi connectivity index (χ1v) is 8.01. The summed E-state index contributed by atoms with van der Waals surface area (Å²) in [5, 5.41) is 3.77. The van der Waals surface area contributed by atoms with Crippen LogP contribution in [0, 0.1) is 0 Å². The van der Waals surface area contributed by atoms with E-state index in [-0.39, 0.29) is 21.5 Å². The van der Waals surface area contributed by atoms with Crippen LogP contribution in [0.5, 0.6) is 0 Å². The number of hydrogen-bond acceptors (Lipinski definition) is 6. The van der Waals surface area contributed by atoms with Gasteiger partial charge in [-0.3, -0.25) is 0 Å². The second kappa shape index (κ2) is 6.48. The monoisotopic (exact) mass is 346 g/mol. The highest BCUT2D eigenvalue weighted by atomic mass is 35.5. The smallest absolute Gasteiger partial charge is 0.240 e. The maximum Gasteiger partial charge on any atom is 0.240 e. The van der Waals surface area contributed by atoms with E-state index in [0.29, 0.717) is 17.8 Å². The van der Waals surface area contributed by atoms with Gasteiger partial charge in [-0.25, -0.2) is 13.1 Å². The quantitative estimate of drug-likeness (QED) is 0.747. The van der Waals surface area contributed by atoms with Crippen LogP contribution in [0.2, 0.25) is 5.02 Å². The Kier molecular flexibility index (Phi) is 4.88. The molecule has 0 spiro atoms. The van der Waals surface area contributed by atoms with Crippen molar-refractivity contribution in [1.29, 1.82) is 0 Å². The van der Waals surface area contributed by atoms with Crippen molar-refractivity contribution < 1.29 is 12.9 Å². The highest BCUT2D eigenvalue weighted by molar-refractivity contribution is 7.89. The van der Waals surface area contributed by atoms with Gasteiger partial charge in [0.1, 0.15) is 4.99 Å². The van der Waals surface area contributed by atoms with Gasteiger partial charge < -0.3 is 10.3 Å². The highest BCUT2D eigenvalue weighted by Crippen LogP contribution is 2.20. The molecule has 0 bridgehead atoms. The Labute approximate surface area is 131 Å². The number of hydrogen-bond donors (Lipinski definition) is 2. The van der Waals surface area contributed by atoms with Gasteiger partial charge in [0.05, 0.1) is 9.92 Å². The van der Waals surface area contributed by atoms with E-state index in [1.165, 1.54) is 24.6 Å². The Morgan fingerprint density at radius 1 is 1.48 bits per heavy atom. The van der Waals surface area contributed by atoms with Gasteiger partial charge in [-0.1, -0.05) is 29.0 Å². The third kappa shape index (κ3) is 3.97. The molecule has 0 radical (unpaired) electrons. The number of benzene rings is 1. The van der Waals surface area contributed by atoms with Crippen molar-refractivity contribution >= 4 is 38.8 Å². The fourth-order valence-corrected chi connectivity index (χ4v) is 3.18. The number of halogens is 1. The summed E-state index contributed by atoms with van der Waals surface area (Å²) in [6.07, 6.45) is 1.49. The van der Waals surface area contributed by atoms with Crippen LogP contribution in [0.4, 0.5) is 0 Å². The van der Waals surface area contributed by atoms with Crippen LogP contribution in [-0.4, -0.2) is 30.1 Å². The molecule has 0 aliphatic carbocycles. The molecule has 2 rings (SSSR count). The van der Waals surface area contributed by atoms with Crippen LogP contribution in [0.25, 0.3) is 0 Å². The van der Waals surface area contributed by atoms with Gasteiger partial charge in [0.2, 0.25) is 16.4 Å². The normalized spacial score (nSPS) is 11.5. The number of nitrogens with two attached hydrogens (primary N) is 1. The minimum atomic E-state index is -3.68. The summed E-state index contributed by atoms with van der Waals surface area (Å²) in [5.41, 5.74) is 5.90. The second-order valence-electron chi connectivity index (χ2n) is 4.00. The molecule has 0 aliphatic rings. The van der Waals surface area contributed by atoms with Crippen molar-refractivity contribution in [3.05, 3.63) is 41.0 Å². The van der Waals surface area contributed by atoms with Crippen LogP contribution in [-0.2, 0) is 16.4 Å². The van der Waals surface area contributed by atoms with E-state index in [2.05, 4.69) is 19.4 Å². The molecule has 0 aliphatic heterocycles. The molecule has 10 heteroatoms. The highest BCUT2D eigenvalue weighted by Gasteiger charge is 2.16. The van der Waals surface area contributed by atoms with E-state index in [1.807, 2.05) is 0 Å². The molecule has 21 heavy (non-hydrogen) atoms. The summed E-state index contributed by atoms with van der Waals surface area (Å²) in [4.78, 5) is 3.93. The largest absolute Gasteiger partial charge is 0.389 e. The lowest BCUT2D eigenvalue weighted by Gasteiger charge is -2.08. The number of rotatable bonds is 6. The van der Waals surface area contributed by atoms with Gasteiger partial charge >= 0.3 is 0 Å². The van der Waals surface area contributed by atoms with E-state index < -0.39 is 10.0 Å². The van der Waals surface area contributed by atoms with Crippen molar-refractivity contribution in [2.24, 2.45) is 5.73 Å². The summed E-state index contributed by atoms with van der Waals surface area (Å²) in [7, 11) is -3.68. The predicted molar refractivity (Wildman–Crippen MR) is 80.5 cm³/mol. The summed E-state index contributed by atoms with van der Waals surface area (Å²) in [5.74, 6) is 0.416. The number of nitrogens with zero attached hydrogens (tertiary/aromatic N) is 2. The van der Waals surface area contributed by atoms with Gasteiger partial charge in [0, 0.05) is 18.5 Å². The first-order valence-electron chi connectivity index (χ1n) is 5.74. The first kappa shape index (κ1) is 15.8. The van der Waals surface area contributed by atoms with Gasteiger partial charge in [0.15, 0.2) is 5.82 Å². The number of aromatic nitrogens is 2. The predicted octanol–water partition coefficient (Wildman–Crippen LogP) is 0.878. The summed E-state index contributed by atoms with van der Waals surface area (Å²) in [6, 6.07) is 4.15. The topological polar surface area (TPSA) is 111 Å². The average Bonchev–Trinajstić information content (AvgIpc) is 2.91. The minimum absolute atomic E-state index is 0.0283. The number of sulfonamides is 1.